The number of rotatable bonds is 7. The fraction of sp³-hybridized carbons (Fsp3) is 0.917. The first-order chi connectivity index (χ1) is 9.60. The SMILES string of the molecule is CO.C[N+](C)(C)CCO.O=C[C@H](O)[C@@H](O)[C@H](O)[C@H](O)CO. The van der Waals surface area contributed by atoms with Crippen LogP contribution in [0.25, 0.3) is 0 Å². The quantitative estimate of drug-likeness (QED) is 0.184. The van der Waals surface area contributed by atoms with Crippen molar-refractivity contribution in [3.05, 3.63) is 0 Å². The third-order valence-electron chi connectivity index (χ3n) is 2.19. The predicted molar refractivity (Wildman–Crippen MR) is 75.3 cm³/mol. The molecule has 130 valence electrons. The Labute approximate surface area is 124 Å². The molecule has 0 spiro atoms. The second-order valence-corrected chi connectivity index (χ2v) is 5.10. The lowest BCUT2D eigenvalue weighted by atomic mass is 10.0. The van der Waals surface area contributed by atoms with Crippen LogP contribution in [-0.4, -0.2) is 119 Å². The lowest BCUT2D eigenvalue weighted by Crippen LogP contribution is -2.46. The number of hydrogen-bond acceptors (Lipinski definition) is 8. The van der Waals surface area contributed by atoms with Crippen molar-refractivity contribution in [1.82, 2.24) is 0 Å². The van der Waals surface area contributed by atoms with E-state index in [-0.39, 0.29) is 12.9 Å². The maximum Gasteiger partial charge on any atom is 0.151 e. The molecule has 0 radical (unpaired) electrons. The van der Waals surface area contributed by atoms with Crippen molar-refractivity contribution in [2.75, 3.05) is 48.0 Å². The molecule has 0 heterocycles. The molecule has 0 rings (SSSR count). The summed E-state index contributed by atoms with van der Waals surface area (Å²) in [6.07, 6.45) is -6.84. The average Bonchev–Trinajstić information content (AvgIpc) is 2.45. The van der Waals surface area contributed by atoms with Crippen molar-refractivity contribution in [1.29, 1.82) is 0 Å². The smallest absolute Gasteiger partial charge is 0.151 e. The number of hydrogen-bond donors (Lipinski definition) is 7. The summed E-state index contributed by atoms with van der Waals surface area (Å²) < 4.78 is 0.844. The molecule has 0 aliphatic heterocycles. The lowest BCUT2D eigenvalue weighted by Gasteiger charge is -2.22. The minimum atomic E-state index is -1.79. The van der Waals surface area contributed by atoms with Gasteiger partial charge in [0.2, 0.25) is 0 Å². The number of aliphatic hydroxyl groups excluding tert-OH is 7. The number of likely N-dealkylation sites (N-methyl/N-ethyl adjacent to an activating group) is 1. The Kier molecular flexibility index (Phi) is 17.2. The number of aldehydes is 1. The lowest BCUT2D eigenvalue weighted by molar-refractivity contribution is -0.870. The van der Waals surface area contributed by atoms with Crippen LogP contribution in [-0.2, 0) is 4.79 Å². The zero-order valence-electron chi connectivity index (χ0n) is 13.0. The maximum atomic E-state index is 9.90. The molecule has 0 fully saturated rings. The molecule has 0 saturated carbocycles. The number of quaternary nitrogens is 1. The molecule has 0 aromatic rings. The highest BCUT2D eigenvalue weighted by atomic mass is 16.4. The van der Waals surface area contributed by atoms with E-state index in [0.717, 1.165) is 18.1 Å². The fourth-order valence-corrected chi connectivity index (χ4v) is 0.918. The highest BCUT2D eigenvalue weighted by Gasteiger charge is 2.29. The van der Waals surface area contributed by atoms with E-state index in [2.05, 4.69) is 21.1 Å². The Morgan fingerprint density at radius 1 is 0.952 bits per heavy atom. The molecule has 0 bridgehead atoms. The number of carbonyl (C=O) groups excluding carboxylic acids is 1. The fourth-order valence-electron chi connectivity index (χ4n) is 0.918. The predicted octanol–water partition coefficient (Wildman–Crippen LogP) is -4.09. The van der Waals surface area contributed by atoms with Gasteiger partial charge < -0.3 is 45.0 Å². The molecule has 0 saturated heterocycles. The normalized spacial score (nSPS) is 16.3. The van der Waals surface area contributed by atoms with Crippen LogP contribution in [0.15, 0.2) is 0 Å². The molecule has 4 atom stereocenters. The van der Waals surface area contributed by atoms with Gasteiger partial charge in [-0.15, -0.1) is 0 Å². The topological polar surface area (TPSA) is 159 Å². The van der Waals surface area contributed by atoms with Gasteiger partial charge in [0.15, 0.2) is 6.29 Å². The Bertz CT molecular complexity index is 234. The van der Waals surface area contributed by atoms with E-state index in [1.165, 1.54) is 0 Å². The van der Waals surface area contributed by atoms with Crippen LogP contribution in [0.2, 0.25) is 0 Å². The van der Waals surface area contributed by atoms with E-state index in [0.29, 0.717) is 0 Å². The summed E-state index contributed by atoms with van der Waals surface area (Å²) in [4.78, 5) is 9.90. The van der Waals surface area contributed by atoms with Crippen molar-refractivity contribution >= 4 is 6.29 Å². The first-order valence-electron chi connectivity index (χ1n) is 6.25. The Morgan fingerprint density at radius 3 is 1.57 bits per heavy atom. The molecule has 9 nitrogen and oxygen atoms in total. The number of carbonyl (C=O) groups is 1. The van der Waals surface area contributed by atoms with Gasteiger partial charge in [-0.2, -0.15) is 0 Å². The highest BCUT2D eigenvalue weighted by Crippen LogP contribution is 2.02. The van der Waals surface area contributed by atoms with Crippen LogP contribution in [0.4, 0.5) is 0 Å². The van der Waals surface area contributed by atoms with Gasteiger partial charge in [-0.05, 0) is 0 Å². The summed E-state index contributed by atoms with van der Waals surface area (Å²) >= 11 is 0. The van der Waals surface area contributed by atoms with E-state index >= 15 is 0 Å². The molecule has 0 amide bonds. The molecular formula is C12H30NO8+. The molecule has 21 heavy (non-hydrogen) atoms. The summed E-state index contributed by atoms with van der Waals surface area (Å²) in [5.74, 6) is 0. The van der Waals surface area contributed by atoms with Gasteiger partial charge in [0.1, 0.15) is 31.0 Å². The van der Waals surface area contributed by atoms with E-state index < -0.39 is 31.0 Å². The van der Waals surface area contributed by atoms with Crippen molar-refractivity contribution in [3.63, 3.8) is 0 Å². The van der Waals surface area contributed by atoms with E-state index in [1.807, 2.05) is 0 Å². The molecule has 9 heteroatoms. The van der Waals surface area contributed by atoms with Gasteiger partial charge in [0, 0.05) is 7.11 Å². The maximum absolute atomic E-state index is 9.90. The molecule has 0 unspecified atom stereocenters. The molecule has 7 N–H and O–H groups in total. The molecule has 0 aliphatic rings. The van der Waals surface area contributed by atoms with Crippen molar-refractivity contribution in [2.24, 2.45) is 0 Å². The third kappa shape index (κ3) is 15.6. The summed E-state index contributed by atoms with van der Waals surface area (Å²) in [5, 5.41) is 58.9. The highest BCUT2D eigenvalue weighted by molar-refractivity contribution is 5.56. The van der Waals surface area contributed by atoms with Gasteiger partial charge in [0.05, 0.1) is 34.4 Å². The monoisotopic (exact) mass is 316 g/mol. The summed E-state index contributed by atoms with van der Waals surface area (Å²) in [5.41, 5.74) is 0. The zero-order chi connectivity index (χ0) is 17.6. The van der Waals surface area contributed by atoms with Gasteiger partial charge in [-0.1, -0.05) is 0 Å². The number of aliphatic hydroxyl groups is 7. The minimum absolute atomic E-state index is 0.0258. The standard InChI is InChI=1S/C6H12O6.C5H14NO.CH4O/c7-1-3(9)5(11)6(12)4(10)2-8;1-6(2,3)4-5-7;1-2/h1,3-6,8-12H,2H2;7H,4-5H2,1-3H3;2H,1H3/q;+1;/t3-,4+,5+,6+;;/m0../s1. The van der Waals surface area contributed by atoms with Crippen LogP contribution < -0.4 is 0 Å². The summed E-state index contributed by atoms with van der Waals surface area (Å²) in [7, 11) is 7.16. The Hall–Kier alpha value is -0.650. The van der Waals surface area contributed by atoms with E-state index in [9.17, 15) is 4.79 Å². The molecule has 0 aromatic heterocycles. The molecular weight excluding hydrogens is 286 g/mol. The average molecular weight is 316 g/mol. The zero-order valence-corrected chi connectivity index (χ0v) is 13.0. The van der Waals surface area contributed by atoms with Crippen LogP contribution >= 0.6 is 0 Å². The molecule has 0 aromatic carbocycles. The van der Waals surface area contributed by atoms with E-state index in [4.69, 9.17) is 35.7 Å². The second kappa shape index (κ2) is 14.3. The van der Waals surface area contributed by atoms with Gasteiger partial charge in [0.25, 0.3) is 0 Å². The minimum Gasteiger partial charge on any atom is -0.400 e. The van der Waals surface area contributed by atoms with Crippen LogP contribution in [0.3, 0.4) is 0 Å². The van der Waals surface area contributed by atoms with Crippen LogP contribution in [0, 0.1) is 0 Å². The Morgan fingerprint density at radius 2 is 1.38 bits per heavy atom. The second-order valence-electron chi connectivity index (χ2n) is 5.10. The van der Waals surface area contributed by atoms with Gasteiger partial charge in [-0.25, -0.2) is 0 Å². The van der Waals surface area contributed by atoms with Crippen LogP contribution in [0.5, 0.6) is 0 Å². The van der Waals surface area contributed by atoms with E-state index in [1.54, 1.807) is 0 Å². The van der Waals surface area contributed by atoms with Crippen molar-refractivity contribution < 1.29 is 45.0 Å². The van der Waals surface area contributed by atoms with Gasteiger partial charge in [-0.3, -0.25) is 0 Å². The summed E-state index contributed by atoms with van der Waals surface area (Å²) in [6.45, 7) is 0.354. The number of nitrogens with zero attached hydrogens (tertiary/aromatic N) is 1. The third-order valence-corrected chi connectivity index (χ3v) is 2.19. The first kappa shape index (κ1) is 25.3. The van der Waals surface area contributed by atoms with Crippen molar-refractivity contribution in [3.8, 4) is 0 Å². The molecule has 0 aliphatic carbocycles. The largest absolute Gasteiger partial charge is 0.400 e. The summed E-state index contributed by atoms with van der Waals surface area (Å²) in [6, 6.07) is 0. The van der Waals surface area contributed by atoms with Crippen molar-refractivity contribution in [2.45, 2.75) is 24.4 Å². The Balaban J connectivity index is -0.000000307. The van der Waals surface area contributed by atoms with Gasteiger partial charge >= 0.3 is 0 Å². The van der Waals surface area contributed by atoms with Crippen LogP contribution in [0.1, 0.15) is 0 Å². The first-order valence-corrected chi connectivity index (χ1v) is 6.25.